The molecule has 0 aliphatic carbocycles. The minimum absolute atomic E-state index is 0.196. The number of carbonyl (C=O) groups excluding carboxylic acids is 2. The lowest BCUT2D eigenvalue weighted by Crippen LogP contribution is -2.16. The van der Waals surface area contributed by atoms with Gasteiger partial charge in [-0.15, -0.1) is 11.3 Å². The Kier molecular flexibility index (Phi) is 5.57. The molecule has 25 heavy (non-hydrogen) atoms. The predicted molar refractivity (Wildman–Crippen MR) is 105 cm³/mol. The molecule has 0 bridgehead atoms. The molecule has 0 aliphatic heterocycles. The van der Waals surface area contributed by atoms with E-state index in [0.29, 0.717) is 16.4 Å². The van der Waals surface area contributed by atoms with Gasteiger partial charge >= 0.3 is 0 Å². The van der Waals surface area contributed by atoms with Gasteiger partial charge < -0.3 is 10.6 Å². The highest BCUT2D eigenvalue weighted by molar-refractivity contribution is 8.01. The minimum Gasteiger partial charge on any atom is -0.325 e. The molecule has 0 fully saturated rings. The summed E-state index contributed by atoms with van der Waals surface area (Å²) in [6, 6.07) is 12.8. The Balaban J connectivity index is 1.66. The molecule has 2 N–H and O–H groups in total. The predicted octanol–water partition coefficient (Wildman–Crippen LogP) is 4.64. The lowest BCUT2D eigenvalue weighted by molar-refractivity contribution is -0.115. The third-order valence-corrected chi connectivity index (χ3v) is 5.58. The SMILES string of the molecule is CC(=O)Nc1ccc(Cl)cc1NC(=O)CSc1nc2ccccc2s1. The minimum atomic E-state index is -0.221. The maximum atomic E-state index is 12.2. The molecule has 8 heteroatoms. The van der Waals surface area contributed by atoms with Crippen LogP contribution in [-0.4, -0.2) is 22.6 Å². The van der Waals surface area contributed by atoms with Gasteiger partial charge in [0.1, 0.15) is 0 Å². The lowest BCUT2D eigenvalue weighted by Gasteiger charge is -2.11. The van der Waals surface area contributed by atoms with Crippen LogP contribution in [0.5, 0.6) is 0 Å². The zero-order valence-corrected chi connectivity index (χ0v) is 15.6. The molecule has 3 rings (SSSR count). The smallest absolute Gasteiger partial charge is 0.234 e. The average Bonchev–Trinajstić information content (AvgIpc) is 2.98. The number of aromatic nitrogens is 1. The van der Waals surface area contributed by atoms with Gasteiger partial charge in [-0.3, -0.25) is 9.59 Å². The summed E-state index contributed by atoms with van der Waals surface area (Å²) in [5.41, 5.74) is 1.91. The van der Waals surface area contributed by atoms with Crippen LogP contribution in [0.15, 0.2) is 46.8 Å². The molecule has 0 spiro atoms. The highest BCUT2D eigenvalue weighted by Gasteiger charge is 2.11. The van der Waals surface area contributed by atoms with Gasteiger partial charge in [0.25, 0.3) is 0 Å². The second-order valence-corrected chi connectivity index (χ2v) is 7.84. The maximum absolute atomic E-state index is 12.2. The van der Waals surface area contributed by atoms with E-state index in [-0.39, 0.29) is 17.6 Å². The molecule has 0 saturated heterocycles. The zero-order valence-electron chi connectivity index (χ0n) is 13.2. The number of carbonyl (C=O) groups is 2. The molecular weight excluding hydrogens is 378 g/mol. The number of benzene rings is 2. The first-order valence-corrected chi connectivity index (χ1v) is 9.54. The number of rotatable bonds is 5. The van der Waals surface area contributed by atoms with E-state index in [0.717, 1.165) is 14.6 Å². The molecule has 5 nitrogen and oxygen atoms in total. The Hall–Kier alpha value is -2.09. The van der Waals surface area contributed by atoms with Gasteiger partial charge in [-0.2, -0.15) is 0 Å². The summed E-state index contributed by atoms with van der Waals surface area (Å²) in [5.74, 6) is -0.203. The summed E-state index contributed by atoms with van der Waals surface area (Å²) < 4.78 is 1.93. The Morgan fingerprint density at radius 1 is 1.16 bits per heavy atom. The fraction of sp³-hybridized carbons (Fsp3) is 0.118. The fourth-order valence-corrected chi connectivity index (χ4v) is 4.19. The fourth-order valence-electron chi connectivity index (χ4n) is 2.14. The average molecular weight is 392 g/mol. The van der Waals surface area contributed by atoms with Gasteiger partial charge in [0, 0.05) is 11.9 Å². The van der Waals surface area contributed by atoms with Gasteiger partial charge in [0.15, 0.2) is 4.34 Å². The molecule has 0 aliphatic rings. The van der Waals surface area contributed by atoms with Crippen molar-refractivity contribution in [1.29, 1.82) is 0 Å². The van der Waals surface area contributed by atoms with E-state index < -0.39 is 0 Å². The van der Waals surface area contributed by atoms with E-state index in [1.807, 2.05) is 24.3 Å². The van der Waals surface area contributed by atoms with Crippen molar-refractivity contribution in [1.82, 2.24) is 4.98 Å². The number of hydrogen-bond donors (Lipinski definition) is 2. The molecule has 0 saturated carbocycles. The monoisotopic (exact) mass is 391 g/mol. The lowest BCUT2D eigenvalue weighted by atomic mass is 10.2. The van der Waals surface area contributed by atoms with Crippen LogP contribution in [-0.2, 0) is 9.59 Å². The third-order valence-electron chi connectivity index (χ3n) is 3.17. The number of amides is 2. The van der Waals surface area contributed by atoms with Crippen LogP contribution in [0, 0.1) is 0 Å². The molecule has 0 radical (unpaired) electrons. The first-order chi connectivity index (χ1) is 12.0. The van der Waals surface area contributed by atoms with Crippen molar-refractivity contribution in [3.05, 3.63) is 47.5 Å². The van der Waals surface area contributed by atoms with Crippen molar-refractivity contribution in [2.45, 2.75) is 11.3 Å². The van der Waals surface area contributed by atoms with E-state index in [1.165, 1.54) is 18.7 Å². The summed E-state index contributed by atoms with van der Waals surface area (Å²) in [6.45, 7) is 1.41. The van der Waals surface area contributed by atoms with Crippen LogP contribution in [0.25, 0.3) is 10.2 Å². The zero-order chi connectivity index (χ0) is 17.8. The number of hydrogen-bond acceptors (Lipinski definition) is 5. The Morgan fingerprint density at radius 2 is 1.96 bits per heavy atom. The highest BCUT2D eigenvalue weighted by atomic mass is 35.5. The Labute approximate surface area is 157 Å². The quantitative estimate of drug-likeness (QED) is 0.621. The molecule has 128 valence electrons. The molecular formula is C17H14ClN3O2S2. The number of para-hydroxylation sites is 1. The Morgan fingerprint density at radius 3 is 2.72 bits per heavy atom. The van der Waals surface area contributed by atoms with Crippen molar-refractivity contribution in [2.24, 2.45) is 0 Å². The summed E-state index contributed by atoms with van der Waals surface area (Å²) in [4.78, 5) is 28.0. The van der Waals surface area contributed by atoms with Gasteiger partial charge in [-0.25, -0.2) is 4.98 Å². The second-order valence-electron chi connectivity index (χ2n) is 5.16. The molecule has 3 aromatic rings. The van der Waals surface area contributed by atoms with Crippen LogP contribution >= 0.6 is 34.7 Å². The first kappa shape index (κ1) is 17.7. The molecule has 2 aromatic carbocycles. The number of anilines is 2. The number of nitrogens with one attached hydrogen (secondary N) is 2. The standard InChI is InChI=1S/C17H14ClN3O2S2/c1-10(22)19-12-7-6-11(18)8-14(12)20-16(23)9-24-17-21-13-4-2-3-5-15(13)25-17/h2-8H,9H2,1H3,(H,19,22)(H,20,23). The van der Waals surface area contributed by atoms with Crippen molar-refractivity contribution in [3.63, 3.8) is 0 Å². The van der Waals surface area contributed by atoms with Gasteiger partial charge in [0.2, 0.25) is 11.8 Å². The van der Waals surface area contributed by atoms with Crippen molar-refractivity contribution in [2.75, 3.05) is 16.4 Å². The molecule has 1 heterocycles. The first-order valence-electron chi connectivity index (χ1n) is 7.36. The van der Waals surface area contributed by atoms with E-state index in [1.54, 1.807) is 29.5 Å². The van der Waals surface area contributed by atoms with Crippen LogP contribution < -0.4 is 10.6 Å². The third kappa shape index (κ3) is 4.72. The summed E-state index contributed by atoms with van der Waals surface area (Å²) >= 11 is 8.90. The van der Waals surface area contributed by atoms with Crippen LogP contribution in [0.4, 0.5) is 11.4 Å². The molecule has 0 atom stereocenters. The van der Waals surface area contributed by atoms with Crippen LogP contribution in [0.2, 0.25) is 5.02 Å². The number of nitrogens with zero attached hydrogens (tertiary/aromatic N) is 1. The normalized spacial score (nSPS) is 10.6. The number of thioether (sulfide) groups is 1. The van der Waals surface area contributed by atoms with Crippen LogP contribution in [0.3, 0.4) is 0 Å². The van der Waals surface area contributed by atoms with Crippen molar-refractivity contribution >= 4 is 68.1 Å². The van der Waals surface area contributed by atoms with E-state index in [9.17, 15) is 9.59 Å². The van der Waals surface area contributed by atoms with Crippen LogP contribution in [0.1, 0.15) is 6.92 Å². The van der Waals surface area contributed by atoms with Gasteiger partial charge in [-0.1, -0.05) is 35.5 Å². The second kappa shape index (κ2) is 7.86. The molecule has 2 amide bonds. The van der Waals surface area contributed by atoms with E-state index in [4.69, 9.17) is 11.6 Å². The topological polar surface area (TPSA) is 71.1 Å². The largest absolute Gasteiger partial charge is 0.325 e. The van der Waals surface area contributed by atoms with Crippen molar-refractivity contribution < 1.29 is 9.59 Å². The van der Waals surface area contributed by atoms with E-state index >= 15 is 0 Å². The maximum Gasteiger partial charge on any atom is 0.234 e. The summed E-state index contributed by atoms with van der Waals surface area (Å²) in [7, 11) is 0. The summed E-state index contributed by atoms with van der Waals surface area (Å²) in [6.07, 6.45) is 0. The molecule has 1 aromatic heterocycles. The van der Waals surface area contributed by atoms with Gasteiger partial charge in [0.05, 0.1) is 27.3 Å². The highest BCUT2D eigenvalue weighted by Crippen LogP contribution is 2.30. The van der Waals surface area contributed by atoms with Crippen molar-refractivity contribution in [3.8, 4) is 0 Å². The number of halogens is 1. The number of fused-ring (bicyclic) bond motifs is 1. The Bertz CT molecular complexity index is 910. The van der Waals surface area contributed by atoms with Gasteiger partial charge in [-0.05, 0) is 30.3 Å². The number of thiazole rings is 1. The summed E-state index contributed by atoms with van der Waals surface area (Å²) in [5, 5.41) is 5.92. The van der Waals surface area contributed by atoms with E-state index in [2.05, 4.69) is 15.6 Å². The molecule has 0 unspecified atom stereocenters.